The molecule has 0 amide bonds. The summed E-state index contributed by atoms with van der Waals surface area (Å²) < 4.78 is 0. The van der Waals surface area contributed by atoms with Gasteiger partial charge in [-0.05, 0) is 0 Å². The molecule has 0 heterocycles. The molecule has 7 heavy (non-hydrogen) atoms. The smallest absolute Gasteiger partial charge is 1.00 e. The molecule has 0 bridgehead atoms. The van der Waals surface area contributed by atoms with Crippen LogP contribution in [0.5, 0.6) is 0 Å². The second-order valence-corrected chi connectivity index (χ2v) is 0. The van der Waals surface area contributed by atoms with Gasteiger partial charge in [-0.15, -0.1) is 62.0 Å². The van der Waals surface area contributed by atoms with Crippen LogP contribution in [0.4, 0.5) is 0 Å². The molecule has 0 saturated carbocycles. The zero-order chi connectivity index (χ0) is 0. The Morgan fingerprint density at radius 1 is 0.571 bits per heavy atom. The largest absolute Gasteiger partial charge is 2.00 e. The zero-order valence-corrected chi connectivity index (χ0v) is 13.3. The van der Waals surface area contributed by atoms with Gasteiger partial charge >= 0.3 is 48.9 Å². The Balaban J connectivity index is 0. The van der Waals surface area contributed by atoms with Gasteiger partial charge in [-0.3, -0.25) is 0 Å². The van der Waals surface area contributed by atoms with Crippen LogP contribution in [-0.2, 0) is 21.7 Å². The quantitative estimate of drug-likeness (QED) is 0.573. The van der Waals surface area contributed by atoms with E-state index in [0.29, 0.717) is 0 Å². The summed E-state index contributed by atoms with van der Waals surface area (Å²) >= 11 is 0. The summed E-state index contributed by atoms with van der Waals surface area (Å²) in [5.41, 5.74) is 0. The van der Waals surface area contributed by atoms with Crippen molar-refractivity contribution < 1.29 is 24.6 Å². The average Bonchev–Trinajstić information content (AvgIpc) is 0. The summed E-state index contributed by atoms with van der Waals surface area (Å²) in [5.74, 6) is 0. The maximum absolute atomic E-state index is 0. The van der Waals surface area contributed by atoms with Gasteiger partial charge in [-0.1, -0.05) is 0 Å². The van der Waals surface area contributed by atoms with Crippen molar-refractivity contribution in [2.75, 3.05) is 0 Å². The molecule has 0 aliphatic carbocycles. The molecule has 0 aromatic carbocycles. The average molecular weight is 370 g/mol. The van der Waals surface area contributed by atoms with E-state index in [9.17, 15) is 0 Å². The molecule has 0 spiro atoms. The third-order valence-electron chi connectivity index (χ3n) is 0. The van der Waals surface area contributed by atoms with Gasteiger partial charge in [-0.25, -0.2) is 0 Å². The predicted molar refractivity (Wildman–Crippen MR) is 44.2 cm³/mol. The van der Waals surface area contributed by atoms with Crippen molar-refractivity contribution in [3.8, 4) is 0 Å². The van der Waals surface area contributed by atoms with Crippen LogP contribution >= 0.6 is 62.0 Å². The molecular formula is H7BaCl5Ti. The molecule has 0 unspecified atom stereocenters. The summed E-state index contributed by atoms with van der Waals surface area (Å²) in [6.45, 7) is 0. The van der Waals surface area contributed by atoms with Gasteiger partial charge in [0.2, 0.25) is 0 Å². The Labute approximate surface area is 133 Å². The Morgan fingerprint density at radius 3 is 0.571 bits per heavy atom. The van der Waals surface area contributed by atoms with E-state index in [2.05, 4.69) is 0 Å². The fraction of sp³-hybridized carbons (Fsp3) is 0. The van der Waals surface area contributed by atoms with Gasteiger partial charge < -0.3 is 2.85 Å². The van der Waals surface area contributed by atoms with Crippen LogP contribution in [-0.4, -0.2) is 48.9 Å². The standard InChI is InChI=1S/Ba.5ClH.Ti.2H/h;5*1H;;;/q+2;;;;;;;2*-1. The molecule has 7 heteroatoms. The summed E-state index contributed by atoms with van der Waals surface area (Å²) in [6, 6.07) is 0. The van der Waals surface area contributed by atoms with Crippen LogP contribution in [0.2, 0.25) is 0 Å². The minimum Gasteiger partial charge on any atom is -1.00 e. The maximum atomic E-state index is 0. The molecule has 0 nitrogen and oxygen atoms in total. The van der Waals surface area contributed by atoms with E-state index in [4.69, 9.17) is 0 Å². The van der Waals surface area contributed by atoms with E-state index in [-0.39, 0.29) is 135 Å². The van der Waals surface area contributed by atoms with Gasteiger partial charge in [0.25, 0.3) is 0 Å². The van der Waals surface area contributed by atoms with Gasteiger partial charge in [0, 0.05) is 21.7 Å². The van der Waals surface area contributed by atoms with Crippen molar-refractivity contribution in [2.45, 2.75) is 0 Å². The Bertz CT molecular complexity index is 14.9. The van der Waals surface area contributed by atoms with E-state index in [1.165, 1.54) is 0 Å². The summed E-state index contributed by atoms with van der Waals surface area (Å²) in [4.78, 5) is 0. The number of halogens is 5. The molecule has 0 aromatic heterocycles. The molecular weight excluding hydrogens is 362 g/mol. The van der Waals surface area contributed by atoms with Gasteiger partial charge in [0.05, 0.1) is 0 Å². The first-order valence-corrected chi connectivity index (χ1v) is 0. The fourth-order valence-electron chi connectivity index (χ4n) is 0. The molecule has 0 rings (SSSR count). The van der Waals surface area contributed by atoms with Crippen LogP contribution in [0, 0.1) is 0 Å². The molecule has 48 valence electrons. The summed E-state index contributed by atoms with van der Waals surface area (Å²) in [5, 5.41) is 0. The van der Waals surface area contributed by atoms with E-state index in [1.807, 2.05) is 0 Å². The number of hydrogen-bond donors (Lipinski definition) is 0. The summed E-state index contributed by atoms with van der Waals surface area (Å²) in [6.07, 6.45) is 0. The third kappa shape index (κ3) is 41.7. The maximum Gasteiger partial charge on any atom is 2.00 e. The van der Waals surface area contributed by atoms with Gasteiger partial charge in [0.1, 0.15) is 0 Å². The topological polar surface area (TPSA) is 0 Å². The van der Waals surface area contributed by atoms with Crippen LogP contribution in [0.1, 0.15) is 2.85 Å². The first kappa shape index (κ1) is 72.9. The van der Waals surface area contributed by atoms with Crippen molar-refractivity contribution in [1.29, 1.82) is 0 Å². The fourth-order valence-corrected chi connectivity index (χ4v) is 0. The Hall–Kier alpha value is 3.74. The first-order valence-electron chi connectivity index (χ1n) is 0. The Kier molecular flexibility index (Phi) is 555. The van der Waals surface area contributed by atoms with Crippen molar-refractivity contribution in [3.63, 3.8) is 0 Å². The van der Waals surface area contributed by atoms with Crippen LogP contribution in [0.15, 0.2) is 0 Å². The molecule has 0 fully saturated rings. The molecule has 0 saturated heterocycles. The molecule has 0 radical (unpaired) electrons. The SMILES string of the molecule is Cl.Cl.Cl.Cl.Cl.[Ba+2].[H-].[H-].[Ti]. The van der Waals surface area contributed by atoms with Crippen molar-refractivity contribution in [2.24, 2.45) is 0 Å². The van der Waals surface area contributed by atoms with Crippen LogP contribution in [0.25, 0.3) is 0 Å². The van der Waals surface area contributed by atoms with Crippen molar-refractivity contribution >= 4 is 111 Å². The van der Waals surface area contributed by atoms with Crippen molar-refractivity contribution in [3.05, 3.63) is 0 Å². The molecule has 0 aliphatic heterocycles. The van der Waals surface area contributed by atoms with E-state index in [0.717, 1.165) is 0 Å². The monoisotopic (exact) mass is 368 g/mol. The molecule has 0 N–H and O–H groups in total. The minimum absolute atomic E-state index is 0. The van der Waals surface area contributed by atoms with Gasteiger partial charge in [0.15, 0.2) is 0 Å². The molecule has 0 atom stereocenters. The zero-order valence-electron chi connectivity index (χ0n) is 5.25. The van der Waals surface area contributed by atoms with Crippen LogP contribution in [0.3, 0.4) is 0 Å². The van der Waals surface area contributed by atoms with E-state index >= 15 is 0 Å². The van der Waals surface area contributed by atoms with Gasteiger partial charge in [-0.2, -0.15) is 0 Å². The molecule has 0 aromatic rings. The minimum atomic E-state index is 0. The Morgan fingerprint density at radius 2 is 0.571 bits per heavy atom. The molecule has 0 aliphatic rings. The van der Waals surface area contributed by atoms with Crippen LogP contribution < -0.4 is 0 Å². The van der Waals surface area contributed by atoms with E-state index < -0.39 is 0 Å². The van der Waals surface area contributed by atoms with Crippen molar-refractivity contribution in [1.82, 2.24) is 0 Å². The predicted octanol–water partition coefficient (Wildman–Crippen LogP) is 1.95. The summed E-state index contributed by atoms with van der Waals surface area (Å²) in [7, 11) is 0. The number of hydrogen-bond acceptors (Lipinski definition) is 0. The number of rotatable bonds is 0. The first-order chi connectivity index (χ1) is 0. The second-order valence-electron chi connectivity index (χ2n) is 0. The second kappa shape index (κ2) is 53.2. The third-order valence-corrected chi connectivity index (χ3v) is 0. The normalized spacial score (nSPS) is 0. The van der Waals surface area contributed by atoms with E-state index in [1.54, 1.807) is 0 Å².